The number of aromatic nitrogens is 2. The number of nitrogens with zero attached hydrogens (tertiary/aromatic N) is 3. The molecule has 0 saturated heterocycles. The summed E-state index contributed by atoms with van der Waals surface area (Å²) in [5, 5.41) is 16.3. The van der Waals surface area contributed by atoms with Crippen LogP contribution in [0.15, 0.2) is 36.5 Å². The zero-order valence-electron chi connectivity index (χ0n) is 14.5. The van der Waals surface area contributed by atoms with Crippen LogP contribution in [0.5, 0.6) is 0 Å². The van der Waals surface area contributed by atoms with Gasteiger partial charge in [-0.15, -0.1) is 0 Å². The van der Waals surface area contributed by atoms with Crippen molar-refractivity contribution >= 4 is 11.8 Å². The Hall–Kier alpha value is -3.14. The van der Waals surface area contributed by atoms with E-state index in [1.54, 1.807) is 6.92 Å². The van der Waals surface area contributed by atoms with Gasteiger partial charge in [0.05, 0.1) is 11.6 Å². The molecule has 2 aromatic rings. The Bertz CT molecular complexity index is 820. The second-order valence-electron chi connectivity index (χ2n) is 6.34. The van der Waals surface area contributed by atoms with E-state index in [-0.39, 0.29) is 23.9 Å². The minimum atomic E-state index is -0.973. The van der Waals surface area contributed by atoms with Gasteiger partial charge in [-0.3, -0.25) is 14.3 Å². The Morgan fingerprint density at radius 2 is 2.00 bits per heavy atom. The molecule has 0 aliphatic heterocycles. The normalized spacial score (nSPS) is 13.1. The standard InChI is InChI=1S/C18H21N5O2/c1-12(2)18(3,11-19)21-15(24)10-23-9-14(17(20)25)16(22-23)13-7-5-4-6-8-13/h4-9,12H,10H2,1-3H3,(H2,20,25)(H,21,24). The van der Waals surface area contributed by atoms with Crippen molar-refractivity contribution in [2.24, 2.45) is 11.7 Å². The fraction of sp³-hybridized carbons (Fsp3) is 0.333. The molecule has 0 fully saturated rings. The number of hydrogen-bond donors (Lipinski definition) is 2. The Morgan fingerprint density at radius 3 is 2.52 bits per heavy atom. The molecule has 1 aromatic heterocycles. The average molecular weight is 339 g/mol. The van der Waals surface area contributed by atoms with Gasteiger partial charge in [0, 0.05) is 11.8 Å². The summed E-state index contributed by atoms with van der Waals surface area (Å²) in [6, 6.07) is 11.2. The molecule has 130 valence electrons. The molecular weight excluding hydrogens is 318 g/mol. The summed E-state index contributed by atoms with van der Waals surface area (Å²) >= 11 is 0. The van der Waals surface area contributed by atoms with E-state index in [2.05, 4.69) is 16.5 Å². The largest absolute Gasteiger partial charge is 0.365 e. The number of primary amides is 1. The zero-order chi connectivity index (χ0) is 18.6. The van der Waals surface area contributed by atoms with Gasteiger partial charge in [-0.05, 0) is 12.8 Å². The molecule has 0 aliphatic carbocycles. The molecule has 1 unspecified atom stereocenters. The van der Waals surface area contributed by atoms with Crippen LogP contribution in [-0.2, 0) is 11.3 Å². The van der Waals surface area contributed by atoms with Gasteiger partial charge in [0.1, 0.15) is 17.8 Å². The van der Waals surface area contributed by atoms with Crippen molar-refractivity contribution in [3.63, 3.8) is 0 Å². The SMILES string of the molecule is CC(C)C(C)(C#N)NC(=O)Cn1cc(C(N)=O)c(-c2ccccc2)n1. The molecule has 7 heteroatoms. The number of hydrogen-bond acceptors (Lipinski definition) is 4. The van der Waals surface area contributed by atoms with E-state index < -0.39 is 11.4 Å². The van der Waals surface area contributed by atoms with Crippen molar-refractivity contribution in [1.29, 1.82) is 5.26 Å². The molecule has 25 heavy (non-hydrogen) atoms. The van der Waals surface area contributed by atoms with Crippen LogP contribution in [0.25, 0.3) is 11.3 Å². The van der Waals surface area contributed by atoms with Gasteiger partial charge in [-0.2, -0.15) is 10.4 Å². The van der Waals surface area contributed by atoms with Crippen molar-refractivity contribution in [1.82, 2.24) is 15.1 Å². The molecule has 1 atom stereocenters. The highest BCUT2D eigenvalue weighted by Gasteiger charge is 2.30. The fourth-order valence-corrected chi connectivity index (χ4v) is 2.27. The molecule has 1 heterocycles. The van der Waals surface area contributed by atoms with Crippen molar-refractivity contribution < 1.29 is 9.59 Å². The lowest BCUT2D eigenvalue weighted by atomic mass is 9.90. The molecule has 7 nitrogen and oxygen atoms in total. The summed E-state index contributed by atoms with van der Waals surface area (Å²) in [6.45, 7) is 5.27. The molecule has 0 aliphatic rings. The minimum absolute atomic E-state index is 0.0554. The summed E-state index contributed by atoms with van der Waals surface area (Å²) < 4.78 is 1.36. The molecule has 2 rings (SSSR count). The second-order valence-corrected chi connectivity index (χ2v) is 6.34. The van der Waals surface area contributed by atoms with Gasteiger partial charge in [0.25, 0.3) is 5.91 Å². The van der Waals surface area contributed by atoms with Crippen molar-refractivity contribution in [3.8, 4) is 17.3 Å². The fourth-order valence-electron chi connectivity index (χ4n) is 2.27. The quantitative estimate of drug-likeness (QED) is 0.833. The lowest BCUT2D eigenvalue weighted by molar-refractivity contribution is -0.123. The van der Waals surface area contributed by atoms with Crippen LogP contribution in [0.2, 0.25) is 0 Å². The maximum absolute atomic E-state index is 12.3. The molecular formula is C18H21N5O2. The number of nitrogens with two attached hydrogens (primary N) is 1. The van der Waals surface area contributed by atoms with E-state index in [1.807, 2.05) is 44.2 Å². The van der Waals surface area contributed by atoms with Crippen molar-refractivity contribution in [2.45, 2.75) is 32.9 Å². The van der Waals surface area contributed by atoms with E-state index >= 15 is 0 Å². The van der Waals surface area contributed by atoms with E-state index in [0.717, 1.165) is 5.56 Å². The van der Waals surface area contributed by atoms with Crippen molar-refractivity contribution in [3.05, 3.63) is 42.1 Å². The molecule has 2 amide bonds. The smallest absolute Gasteiger partial charge is 0.252 e. The molecule has 0 bridgehead atoms. The highest BCUT2D eigenvalue weighted by molar-refractivity contribution is 5.98. The van der Waals surface area contributed by atoms with Crippen LogP contribution < -0.4 is 11.1 Å². The van der Waals surface area contributed by atoms with Crippen LogP contribution in [0.4, 0.5) is 0 Å². The third-order valence-electron chi connectivity index (χ3n) is 4.17. The molecule has 0 radical (unpaired) electrons. The highest BCUT2D eigenvalue weighted by Crippen LogP contribution is 2.21. The van der Waals surface area contributed by atoms with Gasteiger partial charge in [0.15, 0.2) is 0 Å². The maximum atomic E-state index is 12.3. The molecule has 0 saturated carbocycles. The average Bonchev–Trinajstić information content (AvgIpc) is 2.99. The maximum Gasteiger partial charge on any atom is 0.252 e. The first kappa shape index (κ1) is 18.2. The highest BCUT2D eigenvalue weighted by atomic mass is 16.2. The molecule has 1 aromatic carbocycles. The third-order valence-corrected chi connectivity index (χ3v) is 4.17. The lowest BCUT2D eigenvalue weighted by Gasteiger charge is -2.27. The molecule has 3 N–H and O–H groups in total. The summed E-state index contributed by atoms with van der Waals surface area (Å²) in [6.07, 6.45) is 1.45. The Morgan fingerprint density at radius 1 is 1.36 bits per heavy atom. The number of carbonyl (C=O) groups excluding carboxylic acids is 2. The summed E-state index contributed by atoms with van der Waals surface area (Å²) in [7, 11) is 0. The van der Waals surface area contributed by atoms with Crippen LogP contribution in [0, 0.1) is 17.2 Å². The lowest BCUT2D eigenvalue weighted by Crippen LogP contribution is -2.49. The van der Waals surface area contributed by atoms with Gasteiger partial charge in [-0.1, -0.05) is 44.2 Å². The molecule has 0 spiro atoms. The Labute approximate surface area is 146 Å². The topological polar surface area (TPSA) is 114 Å². The van der Waals surface area contributed by atoms with Crippen molar-refractivity contribution in [2.75, 3.05) is 0 Å². The number of benzene rings is 1. The van der Waals surface area contributed by atoms with Gasteiger partial charge >= 0.3 is 0 Å². The number of nitriles is 1. The van der Waals surface area contributed by atoms with Crippen LogP contribution in [0.3, 0.4) is 0 Å². The first-order valence-electron chi connectivity index (χ1n) is 7.91. The summed E-state index contributed by atoms with van der Waals surface area (Å²) in [5.74, 6) is -1.04. The van der Waals surface area contributed by atoms with Gasteiger partial charge < -0.3 is 11.1 Å². The number of amides is 2. The van der Waals surface area contributed by atoms with Crippen LogP contribution in [-0.4, -0.2) is 27.1 Å². The number of carbonyl (C=O) groups is 2. The minimum Gasteiger partial charge on any atom is -0.365 e. The number of rotatable bonds is 6. The first-order valence-corrected chi connectivity index (χ1v) is 7.91. The Kier molecular flexibility index (Phi) is 5.22. The van der Waals surface area contributed by atoms with E-state index in [1.165, 1.54) is 10.9 Å². The zero-order valence-corrected chi connectivity index (χ0v) is 14.5. The monoisotopic (exact) mass is 339 g/mol. The van der Waals surface area contributed by atoms with Gasteiger partial charge in [-0.25, -0.2) is 0 Å². The first-order chi connectivity index (χ1) is 11.8. The Balaban J connectivity index is 2.25. The predicted molar refractivity (Wildman–Crippen MR) is 93.2 cm³/mol. The van der Waals surface area contributed by atoms with E-state index in [0.29, 0.717) is 5.69 Å². The van der Waals surface area contributed by atoms with Gasteiger partial charge in [0.2, 0.25) is 5.91 Å². The number of nitrogens with one attached hydrogen (secondary N) is 1. The predicted octanol–water partition coefficient (Wildman–Crippen LogP) is 1.70. The summed E-state index contributed by atoms with van der Waals surface area (Å²) in [5.41, 5.74) is 5.85. The van der Waals surface area contributed by atoms with Crippen LogP contribution in [0.1, 0.15) is 31.1 Å². The second kappa shape index (κ2) is 7.18. The third kappa shape index (κ3) is 4.04. The van der Waals surface area contributed by atoms with Crippen LogP contribution >= 0.6 is 0 Å². The van der Waals surface area contributed by atoms with E-state index in [4.69, 9.17) is 5.73 Å². The van der Waals surface area contributed by atoms with E-state index in [9.17, 15) is 14.9 Å². The summed E-state index contributed by atoms with van der Waals surface area (Å²) in [4.78, 5) is 24.0.